The summed E-state index contributed by atoms with van der Waals surface area (Å²) in [5, 5.41) is 9.14. The quantitative estimate of drug-likeness (QED) is 0.532. The fourth-order valence-corrected chi connectivity index (χ4v) is 3.23. The number of ketones is 1. The number of pyridine rings is 1. The van der Waals surface area contributed by atoms with Gasteiger partial charge in [-0.2, -0.15) is 0 Å². The molecule has 1 N–H and O–H groups in total. The molecule has 27 heavy (non-hydrogen) atoms. The van der Waals surface area contributed by atoms with E-state index < -0.39 is 23.3 Å². The molecule has 0 unspecified atom stereocenters. The van der Waals surface area contributed by atoms with Gasteiger partial charge in [0.2, 0.25) is 0 Å². The number of halogens is 2. The minimum Gasteiger partial charge on any atom is -0.391 e. The van der Waals surface area contributed by atoms with Crippen molar-refractivity contribution in [1.82, 2.24) is 4.57 Å². The van der Waals surface area contributed by atoms with Crippen LogP contribution in [0.2, 0.25) is 5.02 Å². The molecule has 0 aliphatic carbocycles. The van der Waals surface area contributed by atoms with Gasteiger partial charge in [-0.15, -0.1) is 11.8 Å². The molecule has 8 heteroatoms. The fraction of sp³-hybridized carbons (Fsp3) is 0.368. The summed E-state index contributed by atoms with van der Waals surface area (Å²) >= 11 is 7.37. The van der Waals surface area contributed by atoms with E-state index in [2.05, 4.69) is 0 Å². The summed E-state index contributed by atoms with van der Waals surface area (Å²) in [5.74, 6) is -0.808. The van der Waals surface area contributed by atoms with Gasteiger partial charge in [-0.3, -0.25) is 9.59 Å². The topological polar surface area (TPSA) is 68.5 Å². The molecule has 0 radical (unpaired) electrons. The van der Waals surface area contributed by atoms with Crippen LogP contribution >= 0.6 is 23.4 Å². The number of benzene rings is 1. The average molecular weight is 414 g/mol. The summed E-state index contributed by atoms with van der Waals surface area (Å²) in [7, 11) is 1.49. The van der Waals surface area contributed by atoms with Gasteiger partial charge in [-0.05, 0) is 36.9 Å². The number of hydrogen-bond donors (Lipinski definition) is 1. The van der Waals surface area contributed by atoms with Gasteiger partial charge >= 0.3 is 0 Å². The van der Waals surface area contributed by atoms with Gasteiger partial charge in [0.05, 0.1) is 12.7 Å². The summed E-state index contributed by atoms with van der Waals surface area (Å²) < 4.78 is 20.8. The molecule has 0 spiro atoms. The predicted octanol–water partition coefficient (Wildman–Crippen LogP) is 3.07. The van der Waals surface area contributed by atoms with E-state index in [9.17, 15) is 19.1 Å². The van der Waals surface area contributed by atoms with Crippen molar-refractivity contribution in [2.75, 3.05) is 19.5 Å². The summed E-state index contributed by atoms with van der Waals surface area (Å²) in [6.45, 7) is 1.27. The van der Waals surface area contributed by atoms with Crippen molar-refractivity contribution in [3.63, 3.8) is 0 Å². The summed E-state index contributed by atoms with van der Waals surface area (Å²) in [6.07, 6.45) is 1.20. The third-order valence-corrected chi connectivity index (χ3v) is 5.00. The van der Waals surface area contributed by atoms with Gasteiger partial charge in [0, 0.05) is 29.6 Å². The molecule has 1 aromatic carbocycles. The molecule has 0 amide bonds. The van der Waals surface area contributed by atoms with Crippen LogP contribution in [0.1, 0.15) is 28.5 Å². The second kappa shape index (κ2) is 9.50. The molecule has 0 saturated heterocycles. The number of carbonyl (C=O) groups is 1. The molecule has 1 atom stereocenters. The summed E-state index contributed by atoms with van der Waals surface area (Å²) in [5.41, 5.74) is 0.449. The molecule has 0 saturated carbocycles. The highest BCUT2D eigenvalue weighted by molar-refractivity contribution is 7.98. The van der Waals surface area contributed by atoms with E-state index in [0.717, 1.165) is 4.90 Å². The molecular weight excluding hydrogens is 393 g/mol. The zero-order valence-electron chi connectivity index (χ0n) is 15.3. The maximum Gasteiger partial charge on any atom is 0.269 e. The van der Waals surface area contributed by atoms with Crippen LogP contribution in [0.25, 0.3) is 0 Å². The van der Waals surface area contributed by atoms with Crippen LogP contribution in [0.3, 0.4) is 0 Å². The van der Waals surface area contributed by atoms with Crippen molar-refractivity contribution < 1.29 is 19.0 Å². The lowest BCUT2D eigenvalue weighted by atomic mass is 10.0. The Balaban J connectivity index is 2.41. The van der Waals surface area contributed by atoms with Gasteiger partial charge in [0.15, 0.2) is 5.78 Å². The first kappa shape index (κ1) is 21.6. The predicted molar refractivity (Wildman–Crippen MR) is 105 cm³/mol. The first-order chi connectivity index (χ1) is 12.7. The zero-order valence-corrected chi connectivity index (χ0v) is 16.9. The second-order valence-corrected chi connectivity index (χ2v) is 7.43. The summed E-state index contributed by atoms with van der Waals surface area (Å²) in [6, 6.07) is 6.13. The van der Waals surface area contributed by atoms with E-state index >= 15 is 0 Å². The molecule has 0 aliphatic heterocycles. The van der Waals surface area contributed by atoms with Crippen molar-refractivity contribution in [2.24, 2.45) is 7.05 Å². The Morgan fingerprint density at radius 2 is 2.11 bits per heavy atom. The first-order valence-corrected chi connectivity index (χ1v) is 9.84. The van der Waals surface area contributed by atoms with E-state index in [4.69, 9.17) is 16.3 Å². The highest BCUT2D eigenvalue weighted by Crippen LogP contribution is 2.22. The SMILES string of the molecule is CSc1ccc(Cc2c(C(=O)COC[C@H](C)O)cc(Cl)c(=O)n2C)c(F)c1. The maximum atomic E-state index is 14.4. The molecule has 1 heterocycles. The van der Waals surface area contributed by atoms with E-state index in [0.29, 0.717) is 11.3 Å². The number of hydrogen-bond acceptors (Lipinski definition) is 5. The van der Waals surface area contributed by atoms with Crippen molar-refractivity contribution in [2.45, 2.75) is 24.3 Å². The fourth-order valence-electron chi connectivity index (χ4n) is 2.57. The van der Waals surface area contributed by atoms with E-state index in [1.807, 2.05) is 6.26 Å². The monoisotopic (exact) mass is 413 g/mol. The van der Waals surface area contributed by atoms with E-state index in [1.54, 1.807) is 19.1 Å². The number of nitrogens with zero attached hydrogens (tertiary/aromatic N) is 1. The zero-order chi connectivity index (χ0) is 20.1. The third kappa shape index (κ3) is 5.42. The number of carbonyl (C=O) groups excluding carboxylic acids is 1. The number of thioether (sulfide) groups is 1. The van der Waals surface area contributed by atoms with Crippen LogP contribution < -0.4 is 5.56 Å². The summed E-state index contributed by atoms with van der Waals surface area (Å²) in [4.78, 5) is 25.5. The Labute approximate surface area is 166 Å². The first-order valence-electron chi connectivity index (χ1n) is 8.24. The van der Waals surface area contributed by atoms with Crippen molar-refractivity contribution in [1.29, 1.82) is 0 Å². The number of aliphatic hydroxyl groups is 1. The van der Waals surface area contributed by atoms with Crippen LogP contribution in [-0.4, -0.2) is 41.0 Å². The van der Waals surface area contributed by atoms with Gasteiger partial charge < -0.3 is 14.4 Å². The van der Waals surface area contributed by atoms with Gasteiger partial charge in [0.25, 0.3) is 5.56 Å². The Morgan fingerprint density at radius 3 is 2.70 bits per heavy atom. The lowest BCUT2D eigenvalue weighted by Crippen LogP contribution is -2.26. The van der Waals surface area contributed by atoms with Crippen LogP contribution in [0.4, 0.5) is 4.39 Å². The molecule has 0 aliphatic rings. The number of ether oxygens (including phenoxy) is 1. The van der Waals surface area contributed by atoms with Crippen LogP contribution in [0, 0.1) is 5.82 Å². The standard InChI is InChI=1S/C19H21ClFNO4S/c1-11(23)9-26-10-18(24)14-8-15(20)19(25)22(2)17(14)6-12-4-5-13(27-3)7-16(12)21/h4-5,7-8,11,23H,6,9-10H2,1-3H3/t11-/m0/s1. The average Bonchev–Trinajstić information content (AvgIpc) is 2.62. The Bertz CT molecular complexity index is 898. The molecule has 0 fully saturated rings. The van der Waals surface area contributed by atoms with Crippen molar-refractivity contribution in [3.8, 4) is 0 Å². The molecule has 2 aromatic rings. The Hall–Kier alpha value is -1.67. The molecular formula is C19H21ClFNO4S. The largest absolute Gasteiger partial charge is 0.391 e. The molecule has 2 rings (SSSR count). The van der Waals surface area contributed by atoms with Crippen molar-refractivity contribution in [3.05, 3.63) is 62.3 Å². The number of aromatic nitrogens is 1. The number of Topliss-reactive ketones (excluding diaryl/α,β-unsaturated/α-hetero) is 1. The number of aliphatic hydroxyl groups excluding tert-OH is 1. The maximum absolute atomic E-state index is 14.4. The van der Waals surface area contributed by atoms with E-state index in [1.165, 1.54) is 35.5 Å². The second-order valence-electron chi connectivity index (χ2n) is 6.14. The highest BCUT2D eigenvalue weighted by Gasteiger charge is 2.19. The molecule has 1 aromatic heterocycles. The Kier molecular flexibility index (Phi) is 7.61. The lowest BCUT2D eigenvalue weighted by molar-refractivity contribution is 0.0424. The van der Waals surface area contributed by atoms with Gasteiger partial charge in [-0.1, -0.05) is 17.7 Å². The smallest absolute Gasteiger partial charge is 0.269 e. The van der Waals surface area contributed by atoms with E-state index in [-0.39, 0.29) is 30.2 Å². The third-order valence-electron chi connectivity index (χ3n) is 4.01. The molecule has 5 nitrogen and oxygen atoms in total. The van der Waals surface area contributed by atoms with Crippen molar-refractivity contribution >= 4 is 29.1 Å². The lowest BCUT2D eigenvalue weighted by Gasteiger charge is -2.15. The van der Waals surface area contributed by atoms with Crippen LogP contribution in [0.15, 0.2) is 34.0 Å². The molecule has 0 bridgehead atoms. The van der Waals surface area contributed by atoms with Gasteiger partial charge in [0.1, 0.15) is 17.4 Å². The Morgan fingerprint density at radius 1 is 1.41 bits per heavy atom. The van der Waals surface area contributed by atoms with Gasteiger partial charge in [-0.25, -0.2) is 4.39 Å². The van der Waals surface area contributed by atoms with Crippen LogP contribution in [0.5, 0.6) is 0 Å². The minimum atomic E-state index is -0.704. The normalized spacial score (nSPS) is 12.2. The highest BCUT2D eigenvalue weighted by atomic mass is 35.5. The van der Waals surface area contributed by atoms with Crippen LogP contribution in [-0.2, 0) is 18.2 Å². The minimum absolute atomic E-state index is 0.00530. The number of rotatable bonds is 8. The molecule has 146 valence electrons.